The number of H-pyrrole nitrogens is 2. The van der Waals surface area contributed by atoms with Gasteiger partial charge in [0.1, 0.15) is 6.23 Å². The molecule has 1 rings (SSSR count). The quantitative estimate of drug-likeness (QED) is 0.281. The van der Waals surface area contributed by atoms with Gasteiger partial charge in [-0.3, -0.25) is 24.9 Å². The van der Waals surface area contributed by atoms with Gasteiger partial charge >= 0.3 is 16.9 Å². The van der Waals surface area contributed by atoms with E-state index < -0.39 is 33.9 Å². The van der Waals surface area contributed by atoms with E-state index in [1.165, 1.54) is 6.92 Å². The minimum absolute atomic E-state index is 0.427. The summed E-state index contributed by atoms with van der Waals surface area (Å²) in [5, 5.41) is 21.6. The number of nitro groups is 1. The molecule has 9 nitrogen and oxygen atoms in total. The molecule has 0 amide bonds. The standard InChI is InChI=1S/C6H8N4O5/c1-2(11)7-4-3(10(14)15)5(12)9-6(13)8-4/h2,11H,1H3,(H3,7,8,9,12,13). The van der Waals surface area contributed by atoms with Crippen molar-refractivity contribution in [3.05, 3.63) is 31.0 Å². The molecule has 1 heterocycles. The van der Waals surface area contributed by atoms with E-state index in [0.717, 1.165) is 0 Å². The predicted octanol–water partition coefficient (Wildman–Crippen LogP) is -1.28. The molecule has 0 fully saturated rings. The molecule has 1 aromatic rings. The molecular weight excluding hydrogens is 208 g/mol. The SMILES string of the molecule is CC(O)Nc1[nH]c(=O)[nH]c(=O)c1[N+](=O)[O-]. The average molecular weight is 216 g/mol. The first-order chi connectivity index (χ1) is 6.91. The zero-order valence-corrected chi connectivity index (χ0v) is 7.60. The summed E-state index contributed by atoms with van der Waals surface area (Å²) in [4.78, 5) is 35.1. The molecule has 0 aliphatic heterocycles. The number of rotatable bonds is 3. The van der Waals surface area contributed by atoms with Gasteiger partial charge in [-0.15, -0.1) is 0 Å². The third-order valence-electron chi connectivity index (χ3n) is 1.45. The number of hydrogen-bond donors (Lipinski definition) is 4. The van der Waals surface area contributed by atoms with Crippen LogP contribution in [0.3, 0.4) is 0 Å². The lowest BCUT2D eigenvalue weighted by Gasteiger charge is -2.07. The maximum atomic E-state index is 11.0. The van der Waals surface area contributed by atoms with Crippen molar-refractivity contribution in [1.29, 1.82) is 0 Å². The topological polar surface area (TPSA) is 141 Å². The van der Waals surface area contributed by atoms with E-state index in [1.807, 2.05) is 4.98 Å². The number of nitrogens with one attached hydrogen (secondary N) is 3. The molecule has 82 valence electrons. The molecule has 0 aliphatic rings. The highest BCUT2D eigenvalue weighted by Gasteiger charge is 2.21. The molecule has 1 atom stereocenters. The third-order valence-corrected chi connectivity index (χ3v) is 1.45. The maximum Gasteiger partial charge on any atom is 0.373 e. The van der Waals surface area contributed by atoms with Crippen LogP contribution in [0.15, 0.2) is 9.59 Å². The van der Waals surface area contributed by atoms with Crippen LogP contribution in [-0.2, 0) is 0 Å². The molecule has 0 spiro atoms. The predicted molar refractivity (Wildman–Crippen MR) is 49.6 cm³/mol. The van der Waals surface area contributed by atoms with E-state index in [0.29, 0.717) is 0 Å². The zero-order valence-electron chi connectivity index (χ0n) is 7.60. The summed E-state index contributed by atoms with van der Waals surface area (Å²) >= 11 is 0. The molecule has 15 heavy (non-hydrogen) atoms. The monoisotopic (exact) mass is 216 g/mol. The fraction of sp³-hybridized carbons (Fsp3) is 0.333. The Morgan fingerprint density at radius 3 is 2.53 bits per heavy atom. The summed E-state index contributed by atoms with van der Waals surface area (Å²) in [6.07, 6.45) is -1.14. The molecule has 4 N–H and O–H groups in total. The van der Waals surface area contributed by atoms with Gasteiger partial charge in [0.25, 0.3) is 0 Å². The van der Waals surface area contributed by atoms with Gasteiger partial charge in [-0.1, -0.05) is 0 Å². The van der Waals surface area contributed by atoms with Gasteiger partial charge in [0.05, 0.1) is 4.92 Å². The first kappa shape index (κ1) is 10.9. The van der Waals surface area contributed by atoms with Crippen LogP contribution >= 0.6 is 0 Å². The second-order valence-corrected chi connectivity index (χ2v) is 2.71. The Kier molecular flexibility index (Phi) is 2.85. The smallest absolute Gasteiger partial charge is 0.373 e. The van der Waals surface area contributed by atoms with Crippen LogP contribution in [-0.4, -0.2) is 26.2 Å². The van der Waals surface area contributed by atoms with Crippen molar-refractivity contribution in [2.45, 2.75) is 13.2 Å². The highest BCUT2D eigenvalue weighted by atomic mass is 16.6. The lowest BCUT2D eigenvalue weighted by molar-refractivity contribution is -0.385. The molecule has 0 radical (unpaired) electrons. The van der Waals surface area contributed by atoms with Crippen LogP contribution in [0.25, 0.3) is 0 Å². The van der Waals surface area contributed by atoms with Crippen molar-refractivity contribution in [3.8, 4) is 0 Å². The summed E-state index contributed by atoms with van der Waals surface area (Å²) in [5.41, 5.74) is -2.88. The molecule has 9 heteroatoms. The van der Waals surface area contributed by atoms with E-state index in [-0.39, 0.29) is 0 Å². The van der Waals surface area contributed by atoms with Crippen molar-refractivity contribution in [1.82, 2.24) is 9.97 Å². The van der Waals surface area contributed by atoms with Gasteiger partial charge in [-0.25, -0.2) is 4.79 Å². The van der Waals surface area contributed by atoms with Crippen molar-refractivity contribution in [3.63, 3.8) is 0 Å². The molecule has 1 aromatic heterocycles. The number of nitrogens with zero attached hydrogens (tertiary/aromatic N) is 1. The first-order valence-electron chi connectivity index (χ1n) is 3.87. The second-order valence-electron chi connectivity index (χ2n) is 2.71. The molecule has 0 saturated carbocycles. The summed E-state index contributed by atoms with van der Waals surface area (Å²) < 4.78 is 0. The van der Waals surface area contributed by atoms with Crippen LogP contribution < -0.4 is 16.6 Å². The Morgan fingerprint density at radius 1 is 1.47 bits per heavy atom. The van der Waals surface area contributed by atoms with Crippen molar-refractivity contribution in [2.75, 3.05) is 5.32 Å². The number of aromatic amines is 2. The number of anilines is 1. The minimum Gasteiger partial charge on any atom is -0.374 e. The van der Waals surface area contributed by atoms with Gasteiger partial charge in [0.2, 0.25) is 0 Å². The van der Waals surface area contributed by atoms with Crippen molar-refractivity contribution >= 4 is 11.5 Å². The molecular formula is C6H8N4O5. The first-order valence-corrected chi connectivity index (χ1v) is 3.87. The van der Waals surface area contributed by atoms with E-state index in [9.17, 15) is 19.7 Å². The van der Waals surface area contributed by atoms with Gasteiger partial charge < -0.3 is 10.4 Å². The Bertz CT molecular complexity index is 487. The third kappa shape index (κ3) is 2.40. The highest BCUT2D eigenvalue weighted by Crippen LogP contribution is 2.13. The number of hydrogen-bond acceptors (Lipinski definition) is 6. The second kappa shape index (κ2) is 3.92. The molecule has 0 aromatic carbocycles. The Balaban J connectivity index is 3.40. The number of aliphatic hydroxyl groups excluding tert-OH is 1. The Morgan fingerprint density at radius 2 is 2.07 bits per heavy atom. The van der Waals surface area contributed by atoms with Gasteiger partial charge in [0.15, 0.2) is 5.82 Å². The van der Waals surface area contributed by atoms with Crippen molar-refractivity contribution < 1.29 is 10.0 Å². The van der Waals surface area contributed by atoms with Crippen LogP contribution in [0.4, 0.5) is 11.5 Å². The maximum absolute atomic E-state index is 11.0. The summed E-state index contributed by atoms with van der Waals surface area (Å²) in [6, 6.07) is 0. The minimum atomic E-state index is -1.14. The van der Waals surface area contributed by atoms with Gasteiger partial charge in [-0.2, -0.15) is 0 Å². The van der Waals surface area contributed by atoms with Crippen LogP contribution in [0.5, 0.6) is 0 Å². The van der Waals surface area contributed by atoms with Gasteiger partial charge in [0, 0.05) is 0 Å². The summed E-state index contributed by atoms with van der Waals surface area (Å²) in [7, 11) is 0. The largest absolute Gasteiger partial charge is 0.374 e. The molecule has 1 unspecified atom stereocenters. The van der Waals surface area contributed by atoms with Crippen LogP contribution in [0.2, 0.25) is 0 Å². The lowest BCUT2D eigenvalue weighted by Crippen LogP contribution is -2.28. The normalized spacial score (nSPS) is 12.1. The fourth-order valence-corrected chi connectivity index (χ4v) is 0.967. The molecule has 0 bridgehead atoms. The van der Waals surface area contributed by atoms with E-state index in [1.54, 1.807) is 4.98 Å². The Hall–Kier alpha value is -2.16. The summed E-state index contributed by atoms with van der Waals surface area (Å²) in [5.74, 6) is -0.427. The van der Waals surface area contributed by atoms with Crippen LogP contribution in [0, 0.1) is 10.1 Å². The Labute approximate surface area is 81.9 Å². The summed E-state index contributed by atoms with van der Waals surface area (Å²) in [6.45, 7) is 1.28. The average Bonchev–Trinajstić information content (AvgIpc) is 1.99. The van der Waals surface area contributed by atoms with E-state index in [2.05, 4.69) is 5.32 Å². The van der Waals surface area contributed by atoms with Crippen LogP contribution in [0.1, 0.15) is 6.92 Å². The molecule has 0 aliphatic carbocycles. The molecule has 0 saturated heterocycles. The zero-order chi connectivity index (χ0) is 11.6. The number of aliphatic hydroxyl groups is 1. The van der Waals surface area contributed by atoms with E-state index in [4.69, 9.17) is 5.11 Å². The lowest BCUT2D eigenvalue weighted by atomic mass is 10.4. The van der Waals surface area contributed by atoms with Crippen molar-refractivity contribution in [2.24, 2.45) is 0 Å². The fourth-order valence-electron chi connectivity index (χ4n) is 0.967. The number of aromatic nitrogens is 2. The van der Waals surface area contributed by atoms with Gasteiger partial charge in [-0.05, 0) is 6.92 Å². The van der Waals surface area contributed by atoms with E-state index >= 15 is 0 Å². The highest BCUT2D eigenvalue weighted by molar-refractivity contribution is 5.53.